The van der Waals surface area contributed by atoms with E-state index in [4.69, 9.17) is 21.3 Å². The minimum absolute atomic E-state index is 0.141. The lowest BCUT2D eigenvalue weighted by molar-refractivity contribution is 0.0942. The number of nitrogens with one attached hydrogen (secondary N) is 3. The summed E-state index contributed by atoms with van der Waals surface area (Å²) in [7, 11) is 1.46. The van der Waals surface area contributed by atoms with Crippen molar-refractivity contribution in [1.29, 1.82) is 5.26 Å². The van der Waals surface area contributed by atoms with Crippen LogP contribution < -0.4 is 20.7 Å². The fourth-order valence-electron chi connectivity index (χ4n) is 3.09. The van der Waals surface area contributed by atoms with Gasteiger partial charge in [-0.3, -0.25) is 0 Å². The molecule has 0 aliphatic carbocycles. The molecule has 0 spiro atoms. The van der Waals surface area contributed by atoms with Gasteiger partial charge >= 0.3 is 12.1 Å². The fourth-order valence-corrected chi connectivity index (χ4v) is 3.09. The Morgan fingerprint density at radius 3 is 2.45 bits per heavy atom. The highest BCUT2D eigenvalue weighted by Crippen LogP contribution is 2.30. The number of urea groups is 1. The SMILES string of the molecule is [C-]#[N+]c1ccc(NC(=O)Nc2cccc([C@H](CC)NC(=O)O[C@H](CC)CC#N)c2)cc1OC. The molecule has 33 heavy (non-hydrogen) atoms. The van der Waals surface area contributed by atoms with E-state index in [-0.39, 0.29) is 12.5 Å². The molecule has 0 unspecified atom stereocenters. The second kappa shape index (κ2) is 12.6. The van der Waals surface area contributed by atoms with Gasteiger partial charge in [0.15, 0.2) is 0 Å². The number of carbonyl (C=O) groups is 2. The number of benzene rings is 2. The summed E-state index contributed by atoms with van der Waals surface area (Å²) in [5.74, 6) is 0.369. The molecular formula is C24H27N5O4. The van der Waals surface area contributed by atoms with Crippen LogP contribution in [0.5, 0.6) is 5.75 Å². The fraction of sp³-hybridized carbons (Fsp3) is 0.333. The molecule has 0 aliphatic heterocycles. The largest absolute Gasteiger partial charge is 0.508 e. The lowest BCUT2D eigenvalue weighted by atomic mass is 10.0. The number of ether oxygens (including phenoxy) is 2. The molecule has 0 bridgehead atoms. The molecule has 0 fully saturated rings. The second-order valence-electron chi connectivity index (χ2n) is 7.11. The van der Waals surface area contributed by atoms with Crippen LogP contribution in [0, 0.1) is 17.9 Å². The summed E-state index contributed by atoms with van der Waals surface area (Å²) in [6, 6.07) is 13.1. The molecule has 2 aromatic rings. The molecule has 9 nitrogen and oxygen atoms in total. The lowest BCUT2D eigenvalue weighted by Gasteiger charge is -2.20. The number of amides is 3. The smallest absolute Gasteiger partial charge is 0.407 e. The Morgan fingerprint density at radius 2 is 1.85 bits per heavy atom. The molecule has 2 aromatic carbocycles. The average Bonchev–Trinajstić information content (AvgIpc) is 2.82. The molecule has 0 saturated carbocycles. The Labute approximate surface area is 193 Å². The molecule has 9 heteroatoms. The molecule has 0 heterocycles. The molecule has 2 rings (SSSR count). The first-order chi connectivity index (χ1) is 15.9. The quantitative estimate of drug-likeness (QED) is 0.421. The molecule has 3 N–H and O–H groups in total. The van der Waals surface area contributed by atoms with E-state index in [1.165, 1.54) is 7.11 Å². The summed E-state index contributed by atoms with van der Waals surface area (Å²) in [4.78, 5) is 28.0. The summed E-state index contributed by atoms with van der Waals surface area (Å²) in [5, 5.41) is 17.1. The number of rotatable bonds is 9. The van der Waals surface area contributed by atoms with Crippen molar-refractivity contribution in [1.82, 2.24) is 5.32 Å². The first-order valence-electron chi connectivity index (χ1n) is 10.5. The minimum Gasteiger partial charge on any atom is -0.508 e. The van der Waals surface area contributed by atoms with Crippen molar-refractivity contribution in [2.75, 3.05) is 17.7 Å². The van der Waals surface area contributed by atoms with Gasteiger partial charge < -0.3 is 25.4 Å². The number of carbonyl (C=O) groups excluding carboxylic acids is 2. The number of anilines is 2. The van der Waals surface area contributed by atoms with E-state index in [0.29, 0.717) is 35.7 Å². The molecule has 3 amide bonds. The summed E-state index contributed by atoms with van der Waals surface area (Å²) in [6.07, 6.45) is 0.261. The Morgan fingerprint density at radius 1 is 1.12 bits per heavy atom. The highest BCUT2D eigenvalue weighted by atomic mass is 16.6. The zero-order chi connectivity index (χ0) is 24.2. The van der Waals surface area contributed by atoms with Crippen molar-refractivity contribution in [2.24, 2.45) is 0 Å². The predicted octanol–water partition coefficient (Wildman–Crippen LogP) is 5.76. The van der Waals surface area contributed by atoms with Crippen molar-refractivity contribution >= 4 is 29.2 Å². The van der Waals surface area contributed by atoms with E-state index in [9.17, 15) is 9.59 Å². The van der Waals surface area contributed by atoms with Crippen molar-refractivity contribution in [3.8, 4) is 11.8 Å². The van der Waals surface area contributed by atoms with Gasteiger partial charge in [-0.05, 0) is 42.7 Å². The highest BCUT2D eigenvalue weighted by molar-refractivity contribution is 6.00. The van der Waals surface area contributed by atoms with Crippen LogP contribution in [0.2, 0.25) is 0 Å². The molecule has 0 saturated heterocycles. The highest BCUT2D eigenvalue weighted by Gasteiger charge is 2.18. The van der Waals surface area contributed by atoms with Gasteiger partial charge in [-0.15, -0.1) is 0 Å². The molecule has 172 valence electrons. The van der Waals surface area contributed by atoms with Crippen LogP contribution in [0.25, 0.3) is 4.85 Å². The summed E-state index contributed by atoms with van der Waals surface area (Å²) >= 11 is 0. The number of alkyl carbamates (subject to hydrolysis) is 1. The van der Waals surface area contributed by atoms with Crippen molar-refractivity contribution < 1.29 is 19.1 Å². The molecule has 0 aliphatic rings. The standard InChI is InChI=1S/C24H27N5O4/c1-5-19(12-13-25)33-24(31)29-20(6-2)16-8-7-9-17(14-16)27-23(30)28-18-10-11-21(26-3)22(15-18)32-4/h7-11,14-15,19-20H,5-6,12H2,1-2,4H3,(H,29,31)(H2,27,28,30)/t19-,20+/m1/s1. The Bertz CT molecular complexity index is 1060. The maximum atomic E-state index is 12.4. The molecule has 2 atom stereocenters. The molecule has 0 radical (unpaired) electrons. The van der Waals surface area contributed by atoms with E-state index in [0.717, 1.165) is 5.56 Å². The third kappa shape index (κ3) is 7.44. The van der Waals surface area contributed by atoms with E-state index >= 15 is 0 Å². The maximum absolute atomic E-state index is 12.4. The third-order valence-corrected chi connectivity index (χ3v) is 4.85. The van der Waals surface area contributed by atoms with Gasteiger partial charge in [0.25, 0.3) is 0 Å². The maximum Gasteiger partial charge on any atom is 0.407 e. The topological polar surface area (TPSA) is 117 Å². The molecule has 0 aromatic heterocycles. The van der Waals surface area contributed by atoms with Gasteiger partial charge in [0.05, 0.1) is 32.2 Å². The van der Waals surface area contributed by atoms with Gasteiger partial charge in [-0.2, -0.15) is 5.26 Å². The Balaban J connectivity index is 2.04. The van der Waals surface area contributed by atoms with Crippen LogP contribution in [-0.2, 0) is 4.74 Å². The summed E-state index contributed by atoms with van der Waals surface area (Å²) in [5.41, 5.74) is 2.17. The van der Waals surface area contributed by atoms with Crippen LogP contribution in [0.3, 0.4) is 0 Å². The van der Waals surface area contributed by atoms with E-state index in [1.54, 1.807) is 36.4 Å². The number of nitrogens with zero attached hydrogens (tertiary/aromatic N) is 2. The first kappa shape index (κ1) is 25.0. The number of nitriles is 1. The van der Waals surface area contributed by atoms with Gasteiger partial charge in [0.1, 0.15) is 11.9 Å². The van der Waals surface area contributed by atoms with Crippen LogP contribution in [0.4, 0.5) is 26.7 Å². The van der Waals surface area contributed by atoms with Crippen LogP contribution in [0.15, 0.2) is 42.5 Å². The van der Waals surface area contributed by atoms with E-state index in [1.807, 2.05) is 26.0 Å². The minimum atomic E-state index is -0.586. The Kier molecular flexibility index (Phi) is 9.54. The van der Waals surface area contributed by atoms with Crippen molar-refractivity contribution in [3.05, 3.63) is 59.4 Å². The monoisotopic (exact) mass is 449 g/mol. The average molecular weight is 450 g/mol. The van der Waals surface area contributed by atoms with Crippen molar-refractivity contribution in [2.45, 2.75) is 45.3 Å². The summed E-state index contributed by atoms with van der Waals surface area (Å²) < 4.78 is 10.5. The number of hydrogen-bond acceptors (Lipinski definition) is 5. The van der Waals surface area contributed by atoms with Crippen LogP contribution in [0.1, 0.15) is 44.7 Å². The number of hydrogen-bond donors (Lipinski definition) is 3. The molecular weight excluding hydrogens is 422 g/mol. The Hall–Kier alpha value is -4.24. The summed E-state index contributed by atoms with van der Waals surface area (Å²) in [6.45, 7) is 10.9. The van der Waals surface area contributed by atoms with Gasteiger partial charge in [0.2, 0.25) is 5.69 Å². The third-order valence-electron chi connectivity index (χ3n) is 4.85. The number of methoxy groups -OCH3 is 1. The first-order valence-corrected chi connectivity index (χ1v) is 10.5. The second-order valence-corrected chi connectivity index (χ2v) is 7.11. The predicted molar refractivity (Wildman–Crippen MR) is 125 cm³/mol. The zero-order valence-corrected chi connectivity index (χ0v) is 18.8. The van der Waals surface area contributed by atoms with Gasteiger partial charge in [-0.25, -0.2) is 14.4 Å². The van der Waals surface area contributed by atoms with Crippen LogP contribution in [-0.4, -0.2) is 25.3 Å². The normalized spacial score (nSPS) is 11.8. The van der Waals surface area contributed by atoms with Gasteiger partial charge in [0, 0.05) is 11.4 Å². The van der Waals surface area contributed by atoms with Crippen LogP contribution >= 0.6 is 0 Å². The van der Waals surface area contributed by atoms with E-state index < -0.39 is 18.2 Å². The van der Waals surface area contributed by atoms with E-state index in [2.05, 4.69) is 20.8 Å². The van der Waals surface area contributed by atoms with Gasteiger partial charge in [-0.1, -0.05) is 32.0 Å². The lowest BCUT2D eigenvalue weighted by Crippen LogP contribution is -2.32. The zero-order valence-electron chi connectivity index (χ0n) is 18.8. The van der Waals surface area contributed by atoms with Crippen molar-refractivity contribution in [3.63, 3.8) is 0 Å².